The molecule has 0 aromatic heterocycles. The number of hydrogen-bond acceptors (Lipinski definition) is 2. The lowest BCUT2D eigenvalue weighted by molar-refractivity contribution is -0.115. The Kier molecular flexibility index (Phi) is 5.97. The maximum absolute atomic E-state index is 12.1. The molecule has 0 bridgehead atoms. The molecule has 21 heavy (non-hydrogen) atoms. The fourth-order valence-corrected chi connectivity index (χ4v) is 2.95. The smallest absolute Gasteiger partial charge is 0.237 e. The minimum atomic E-state index is -0.180. The van der Waals surface area contributed by atoms with Crippen molar-refractivity contribution in [3.05, 3.63) is 64.1 Å². The maximum atomic E-state index is 12.1. The van der Waals surface area contributed by atoms with Crippen LogP contribution in [0.2, 0.25) is 10.0 Å². The van der Waals surface area contributed by atoms with Crippen LogP contribution in [0.4, 0.5) is 5.69 Å². The van der Waals surface area contributed by atoms with Gasteiger partial charge in [-0.2, -0.15) is 0 Å². The summed E-state index contributed by atoms with van der Waals surface area (Å²) in [6.45, 7) is 1.88. The van der Waals surface area contributed by atoms with Gasteiger partial charge in [0, 0.05) is 10.8 Å². The van der Waals surface area contributed by atoms with E-state index in [4.69, 9.17) is 23.2 Å². The number of benzene rings is 2. The summed E-state index contributed by atoms with van der Waals surface area (Å²) in [6, 6.07) is 14.9. The van der Waals surface area contributed by atoms with Crippen LogP contribution in [0.5, 0.6) is 0 Å². The van der Waals surface area contributed by atoms with Crippen LogP contribution >= 0.6 is 35.0 Å². The molecule has 0 radical (unpaired) electrons. The number of carbonyl (C=O) groups is 1. The van der Waals surface area contributed by atoms with Crippen LogP contribution in [0.3, 0.4) is 0 Å². The molecule has 2 nitrogen and oxygen atoms in total. The van der Waals surface area contributed by atoms with Crippen molar-refractivity contribution in [1.82, 2.24) is 0 Å². The summed E-state index contributed by atoms with van der Waals surface area (Å²) in [4.78, 5) is 12.1. The molecule has 0 aliphatic carbocycles. The molecular formula is C16H15Cl2NOS. The van der Waals surface area contributed by atoms with Gasteiger partial charge in [-0.15, -0.1) is 11.8 Å². The quantitative estimate of drug-likeness (QED) is 0.805. The van der Waals surface area contributed by atoms with E-state index >= 15 is 0 Å². The third-order valence-corrected chi connectivity index (χ3v) is 4.67. The number of halogens is 2. The molecule has 0 spiro atoms. The second-order valence-electron chi connectivity index (χ2n) is 4.55. The molecule has 0 saturated heterocycles. The predicted molar refractivity (Wildman–Crippen MR) is 92.3 cm³/mol. The van der Waals surface area contributed by atoms with E-state index in [0.29, 0.717) is 15.7 Å². The van der Waals surface area contributed by atoms with Crippen LogP contribution in [0.25, 0.3) is 0 Å². The fourth-order valence-electron chi connectivity index (χ4n) is 1.72. The maximum Gasteiger partial charge on any atom is 0.237 e. The summed E-state index contributed by atoms with van der Waals surface area (Å²) >= 11 is 13.5. The molecule has 0 aliphatic rings. The topological polar surface area (TPSA) is 29.1 Å². The molecule has 5 heteroatoms. The first kappa shape index (κ1) is 16.2. The van der Waals surface area contributed by atoms with Crippen LogP contribution < -0.4 is 5.32 Å². The lowest BCUT2D eigenvalue weighted by atomic mass is 10.2. The highest BCUT2D eigenvalue weighted by atomic mass is 35.5. The molecule has 2 aromatic carbocycles. The van der Waals surface area contributed by atoms with Gasteiger partial charge in [-0.1, -0.05) is 47.5 Å². The Labute approximate surface area is 138 Å². The molecule has 0 aliphatic heterocycles. The average Bonchev–Trinajstić information content (AvgIpc) is 2.47. The van der Waals surface area contributed by atoms with Gasteiger partial charge in [0.2, 0.25) is 5.91 Å². The highest BCUT2D eigenvalue weighted by Gasteiger charge is 2.14. The van der Waals surface area contributed by atoms with Crippen LogP contribution in [0, 0.1) is 0 Å². The Balaban J connectivity index is 1.90. The first-order valence-corrected chi connectivity index (χ1v) is 8.28. The second-order valence-corrected chi connectivity index (χ2v) is 6.73. The van der Waals surface area contributed by atoms with Gasteiger partial charge in [-0.25, -0.2) is 0 Å². The minimum absolute atomic E-state index is 0.0601. The highest BCUT2D eigenvalue weighted by molar-refractivity contribution is 7.99. The number of hydrogen-bond donors (Lipinski definition) is 1. The fraction of sp³-hybridized carbons (Fsp3) is 0.188. The van der Waals surface area contributed by atoms with E-state index in [9.17, 15) is 4.79 Å². The van der Waals surface area contributed by atoms with Gasteiger partial charge >= 0.3 is 0 Å². The van der Waals surface area contributed by atoms with Gasteiger partial charge in [0.25, 0.3) is 0 Å². The van der Waals surface area contributed by atoms with Gasteiger partial charge in [0.1, 0.15) is 0 Å². The Hall–Kier alpha value is -1.16. The third kappa shape index (κ3) is 4.95. The zero-order valence-electron chi connectivity index (χ0n) is 11.5. The van der Waals surface area contributed by atoms with Gasteiger partial charge in [-0.05, 0) is 36.8 Å². The normalized spacial score (nSPS) is 12.0. The van der Waals surface area contributed by atoms with E-state index in [-0.39, 0.29) is 11.2 Å². The molecule has 1 N–H and O–H groups in total. The largest absolute Gasteiger partial charge is 0.324 e. The van der Waals surface area contributed by atoms with Crippen LogP contribution in [0.1, 0.15) is 12.5 Å². The van der Waals surface area contributed by atoms with Gasteiger partial charge in [-0.3, -0.25) is 4.79 Å². The minimum Gasteiger partial charge on any atom is -0.324 e. The van der Waals surface area contributed by atoms with E-state index < -0.39 is 0 Å². The van der Waals surface area contributed by atoms with E-state index in [1.807, 2.05) is 43.3 Å². The second kappa shape index (κ2) is 7.74. The summed E-state index contributed by atoms with van der Waals surface area (Å²) in [6.07, 6.45) is 0. The van der Waals surface area contributed by atoms with Gasteiger partial charge < -0.3 is 5.32 Å². The van der Waals surface area contributed by atoms with Crippen molar-refractivity contribution in [3.8, 4) is 0 Å². The molecule has 0 unspecified atom stereocenters. The lowest BCUT2D eigenvalue weighted by Gasteiger charge is -2.13. The van der Waals surface area contributed by atoms with E-state index in [1.54, 1.807) is 23.9 Å². The summed E-state index contributed by atoms with van der Waals surface area (Å²) in [5, 5.41) is 3.91. The molecule has 110 valence electrons. The zero-order valence-corrected chi connectivity index (χ0v) is 13.8. The van der Waals surface area contributed by atoms with Crippen molar-refractivity contribution >= 4 is 46.6 Å². The van der Waals surface area contributed by atoms with Crippen molar-refractivity contribution in [2.75, 3.05) is 5.32 Å². The first-order chi connectivity index (χ1) is 10.1. The first-order valence-electron chi connectivity index (χ1n) is 6.47. The van der Waals surface area contributed by atoms with E-state index in [2.05, 4.69) is 5.32 Å². The summed E-state index contributed by atoms with van der Waals surface area (Å²) < 4.78 is 0. The van der Waals surface area contributed by atoms with Crippen molar-refractivity contribution in [2.24, 2.45) is 0 Å². The van der Waals surface area contributed by atoms with E-state index in [1.165, 1.54) is 0 Å². The van der Waals surface area contributed by atoms with E-state index in [0.717, 1.165) is 11.3 Å². The Morgan fingerprint density at radius 3 is 2.67 bits per heavy atom. The van der Waals surface area contributed by atoms with Crippen LogP contribution in [-0.4, -0.2) is 11.2 Å². The number of para-hydroxylation sites is 1. The third-order valence-electron chi connectivity index (χ3n) is 2.89. The van der Waals surface area contributed by atoms with Crippen molar-refractivity contribution < 1.29 is 4.79 Å². The SMILES string of the molecule is C[C@@H](SCc1cccc(Cl)c1)C(=O)Nc1ccccc1Cl. The Morgan fingerprint density at radius 2 is 1.95 bits per heavy atom. The van der Waals surface area contributed by atoms with Gasteiger partial charge in [0.15, 0.2) is 0 Å². The molecule has 2 rings (SSSR count). The standard InChI is InChI=1S/C16H15Cl2NOS/c1-11(21-10-12-5-4-6-13(17)9-12)16(20)19-15-8-3-2-7-14(15)18/h2-9,11H,10H2,1H3,(H,19,20)/t11-/m1/s1. The van der Waals surface area contributed by atoms with Crippen LogP contribution in [0.15, 0.2) is 48.5 Å². The summed E-state index contributed by atoms with van der Waals surface area (Å²) in [7, 11) is 0. The van der Waals surface area contributed by atoms with Crippen LogP contribution in [-0.2, 0) is 10.5 Å². The number of anilines is 1. The monoisotopic (exact) mass is 339 g/mol. The highest BCUT2D eigenvalue weighted by Crippen LogP contribution is 2.24. The number of carbonyl (C=O) groups excluding carboxylic acids is 1. The molecule has 1 amide bonds. The number of rotatable bonds is 5. The van der Waals surface area contributed by atoms with Crippen molar-refractivity contribution in [1.29, 1.82) is 0 Å². The molecule has 2 aromatic rings. The molecular weight excluding hydrogens is 325 g/mol. The average molecular weight is 340 g/mol. The number of amides is 1. The Morgan fingerprint density at radius 1 is 1.19 bits per heavy atom. The number of thioether (sulfide) groups is 1. The predicted octanol–water partition coefficient (Wildman–Crippen LogP) is 5.25. The molecule has 0 saturated carbocycles. The van der Waals surface area contributed by atoms with Crippen molar-refractivity contribution in [2.45, 2.75) is 17.9 Å². The zero-order chi connectivity index (χ0) is 15.2. The molecule has 1 atom stereocenters. The summed E-state index contributed by atoms with van der Waals surface area (Å²) in [5.74, 6) is 0.674. The number of nitrogens with one attached hydrogen (secondary N) is 1. The lowest BCUT2D eigenvalue weighted by Crippen LogP contribution is -2.22. The Bertz CT molecular complexity index is 633. The van der Waals surface area contributed by atoms with Crippen molar-refractivity contribution in [3.63, 3.8) is 0 Å². The van der Waals surface area contributed by atoms with Gasteiger partial charge in [0.05, 0.1) is 16.0 Å². The summed E-state index contributed by atoms with van der Waals surface area (Å²) in [5.41, 5.74) is 1.74. The molecule has 0 heterocycles. The molecule has 0 fully saturated rings.